The van der Waals surface area contributed by atoms with Gasteiger partial charge in [-0.2, -0.15) is 5.10 Å². The number of halogens is 1. The van der Waals surface area contributed by atoms with Crippen molar-refractivity contribution in [2.45, 2.75) is 76.9 Å². The Morgan fingerprint density at radius 3 is 2.61 bits per heavy atom. The number of hydrogen-bond donors (Lipinski definition) is 1. The molecule has 31 heavy (non-hydrogen) atoms. The third-order valence-electron chi connectivity index (χ3n) is 5.70. The summed E-state index contributed by atoms with van der Waals surface area (Å²) >= 11 is 0. The van der Waals surface area contributed by atoms with Gasteiger partial charge in [0.2, 0.25) is 11.8 Å². The van der Waals surface area contributed by atoms with Gasteiger partial charge < -0.3 is 15.4 Å². The molecule has 0 spiro atoms. The van der Waals surface area contributed by atoms with Gasteiger partial charge in [0.15, 0.2) is 0 Å². The number of primary amides is 1. The fourth-order valence-electron chi connectivity index (χ4n) is 4.32. The van der Waals surface area contributed by atoms with E-state index in [1.807, 2.05) is 0 Å². The average Bonchev–Trinajstić information content (AvgIpc) is 3.39. The van der Waals surface area contributed by atoms with Crippen LogP contribution in [0.4, 0.5) is 9.18 Å². The summed E-state index contributed by atoms with van der Waals surface area (Å²) in [6, 6.07) is -1.20. The second kappa shape index (κ2) is 9.19. The van der Waals surface area contributed by atoms with Crippen LogP contribution in [0.15, 0.2) is 12.7 Å². The van der Waals surface area contributed by atoms with Gasteiger partial charge >= 0.3 is 6.09 Å². The number of alkyl halides is 1. The van der Waals surface area contributed by atoms with Crippen LogP contribution in [0.3, 0.4) is 0 Å². The maximum atomic E-state index is 13.9. The average molecular weight is 439 g/mol. The summed E-state index contributed by atoms with van der Waals surface area (Å²) in [6.45, 7) is 5.45. The number of rotatable bonds is 6. The Balaban J connectivity index is 1.71. The van der Waals surface area contributed by atoms with Crippen molar-refractivity contribution in [3.05, 3.63) is 12.7 Å². The summed E-state index contributed by atoms with van der Waals surface area (Å²) in [7, 11) is 0. The highest BCUT2D eigenvalue weighted by Gasteiger charge is 2.41. The highest BCUT2D eigenvalue weighted by atomic mass is 19.1. The summed E-state index contributed by atoms with van der Waals surface area (Å²) in [6.07, 6.45) is 3.34. The molecule has 4 atom stereocenters. The molecule has 3 amide bonds. The molecular weight excluding hydrogens is 407 g/mol. The van der Waals surface area contributed by atoms with Crippen LogP contribution in [0, 0.1) is 5.92 Å². The van der Waals surface area contributed by atoms with Crippen molar-refractivity contribution in [3.8, 4) is 0 Å². The van der Waals surface area contributed by atoms with Gasteiger partial charge in [-0.1, -0.05) is 0 Å². The maximum Gasteiger partial charge on any atom is 0.411 e. The zero-order valence-corrected chi connectivity index (χ0v) is 18.2. The molecule has 11 heteroatoms. The van der Waals surface area contributed by atoms with Crippen LogP contribution in [0.2, 0.25) is 0 Å². The molecule has 2 aliphatic rings. The van der Waals surface area contributed by atoms with Crippen molar-refractivity contribution in [2.24, 2.45) is 11.7 Å². The standard InChI is InChI=1S/C20H31FN6O4/c1-20(2,3)31-19(30)26(10-17(28)27-9-14(21)7-16(27)18(22)29)15-5-4-13(6-15)8-25-12-23-11-24-25/h11-16H,4-10H2,1-3H3,(H2,22,29)/t13-,14-,15+,16-/m0/s1. The van der Waals surface area contributed by atoms with Crippen LogP contribution in [0.1, 0.15) is 46.5 Å². The molecule has 2 N–H and O–H groups in total. The minimum absolute atomic E-state index is 0.114. The third kappa shape index (κ3) is 5.92. The molecule has 1 saturated heterocycles. The minimum atomic E-state index is -1.31. The summed E-state index contributed by atoms with van der Waals surface area (Å²) in [5.41, 5.74) is 4.62. The van der Waals surface area contributed by atoms with E-state index in [1.54, 1.807) is 31.8 Å². The van der Waals surface area contributed by atoms with Crippen LogP contribution in [0.5, 0.6) is 0 Å². The molecule has 1 saturated carbocycles. The molecule has 1 aromatic heterocycles. The van der Waals surface area contributed by atoms with Crippen molar-refractivity contribution in [2.75, 3.05) is 13.1 Å². The second-order valence-electron chi connectivity index (χ2n) is 9.36. The zero-order chi connectivity index (χ0) is 22.8. The molecule has 3 rings (SSSR count). The lowest BCUT2D eigenvalue weighted by Gasteiger charge is -2.33. The Bertz CT molecular complexity index is 796. The first-order valence-corrected chi connectivity index (χ1v) is 10.6. The van der Waals surface area contributed by atoms with Crippen LogP contribution in [0.25, 0.3) is 0 Å². The highest BCUT2D eigenvalue weighted by molar-refractivity contribution is 5.89. The topological polar surface area (TPSA) is 124 Å². The van der Waals surface area contributed by atoms with Gasteiger partial charge in [0.1, 0.15) is 37.0 Å². The molecule has 0 aromatic carbocycles. The molecule has 0 radical (unpaired) electrons. The molecule has 2 heterocycles. The number of hydrogen-bond acceptors (Lipinski definition) is 6. The van der Waals surface area contributed by atoms with E-state index in [1.165, 1.54) is 11.2 Å². The predicted molar refractivity (Wildman–Crippen MR) is 108 cm³/mol. The Hall–Kier alpha value is -2.72. The monoisotopic (exact) mass is 438 g/mol. The first-order chi connectivity index (χ1) is 14.5. The molecule has 2 fully saturated rings. The minimum Gasteiger partial charge on any atom is -0.444 e. The summed E-state index contributed by atoms with van der Waals surface area (Å²) in [5.74, 6) is -0.979. The van der Waals surface area contributed by atoms with Gasteiger partial charge in [0.25, 0.3) is 0 Å². The number of carbonyl (C=O) groups excluding carboxylic acids is 3. The van der Waals surface area contributed by atoms with E-state index in [0.717, 1.165) is 11.3 Å². The fraction of sp³-hybridized carbons (Fsp3) is 0.750. The van der Waals surface area contributed by atoms with E-state index < -0.39 is 35.7 Å². The van der Waals surface area contributed by atoms with E-state index in [2.05, 4.69) is 10.1 Å². The van der Waals surface area contributed by atoms with Gasteiger partial charge in [-0.05, 0) is 46.0 Å². The fourth-order valence-corrected chi connectivity index (χ4v) is 4.32. The summed E-state index contributed by atoms with van der Waals surface area (Å²) in [4.78, 5) is 44.1. The number of likely N-dealkylation sites (tertiary alicyclic amines) is 1. The number of amides is 3. The lowest BCUT2D eigenvalue weighted by atomic mass is 10.1. The van der Waals surface area contributed by atoms with Gasteiger partial charge in [-0.3, -0.25) is 19.2 Å². The SMILES string of the molecule is CC(C)(C)OC(=O)N(CC(=O)N1C[C@@H](F)C[C@H]1C(N)=O)[C@@H]1CC[C@H](Cn2cncn2)C1. The number of ether oxygens (including phenoxy) is 1. The van der Waals surface area contributed by atoms with Crippen LogP contribution in [-0.4, -0.2) is 79.4 Å². The van der Waals surface area contributed by atoms with Gasteiger partial charge in [-0.25, -0.2) is 14.2 Å². The first kappa shape index (κ1) is 23.0. The normalized spacial score (nSPS) is 26.1. The number of nitrogens with zero attached hydrogens (tertiary/aromatic N) is 5. The van der Waals surface area contributed by atoms with Crippen LogP contribution >= 0.6 is 0 Å². The molecule has 1 aliphatic carbocycles. The smallest absolute Gasteiger partial charge is 0.411 e. The van der Waals surface area contributed by atoms with Crippen molar-refractivity contribution in [1.29, 1.82) is 0 Å². The quantitative estimate of drug-likeness (QED) is 0.710. The van der Waals surface area contributed by atoms with E-state index in [4.69, 9.17) is 10.5 Å². The molecule has 0 unspecified atom stereocenters. The number of carbonyl (C=O) groups is 3. The lowest BCUT2D eigenvalue weighted by molar-refractivity contribution is -0.138. The van der Waals surface area contributed by atoms with Crippen molar-refractivity contribution >= 4 is 17.9 Å². The maximum absolute atomic E-state index is 13.9. The van der Waals surface area contributed by atoms with Gasteiger partial charge in [-0.15, -0.1) is 0 Å². The van der Waals surface area contributed by atoms with Gasteiger partial charge in [0, 0.05) is 19.0 Å². The molecule has 1 aliphatic heterocycles. The molecule has 172 valence electrons. The molecule has 1 aromatic rings. The van der Waals surface area contributed by atoms with Crippen molar-refractivity contribution in [3.63, 3.8) is 0 Å². The Kier molecular flexibility index (Phi) is 6.80. The Morgan fingerprint density at radius 2 is 2.00 bits per heavy atom. The van der Waals surface area contributed by atoms with Crippen molar-refractivity contribution < 1.29 is 23.5 Å². The zero-order valence-electron chi connectivity index (χ0n) is 18.2. The molecule has 0 bridgehead atoms. The van der Waals surface area contributed by atoms with E-state index >= 15 is 0 Å². The molecule has 10 nitrogen and oxygen atoms in total. The van der Waals surface area contributed by atoms with E-state index in [-0.39, 0.29) is 31.5 Å². The summed E-state index contributed by atoms with van der Waals surface area (Å²) < 4.78 is 21.2. The summed E-state index contributed by atoms with van der Waals surface area (Å²) in [5, 5.41) is 4.13. The molecular formula is C20H31FN6O4. The van der Waals surface area contributed by atoms with Crippen LogP contribution < -0.4 is 5.73 Å². The van der Waals surface area contributed by atoms with E-state index in [9.17, 15) is 18.8 Å². The number of nitrogens with two attached hydrogens (primary N) is 1. The Morgan fingerprint density at radius 1 is 1.26 bits per heavy atom. The van der Waals surface area contributed by atoms with E-state index in [0.29, 0.717) is 19.4 Å². The Labute approximate surface area is 180 Å². The first-order valence-electron chi connectivity index (χ1n) is 10.6. The number of aromatic nitrogens is 3. The largest absolute Gasteiger partial charge is 0.444 e. The highest BCUT2D eigenvalue weighted by Crippen LogP contribution is 2.32. The lowest BCUT2D eigenvalue weighted by Crippen LogP contribution is -2.51. The third-order valence-corrected chi connectivity index (χ3v) is 5.70. The van der Waals surface area contributed by atoms with Crippen LogP contribution in [-0.2, 0) is 20.9 Å². The second-order valence-corrected chi connectivity index (χ2v) is 9.36. The van der Waals surface area contributed by atoms with Crippen molar-refractivity contribution in [1.82, 2.24) is 24.6 Å². The van der Waals surface area contributed by atoms with Gasteiger partial charge in [0.05, 0.1) is 6.54 Å². The predicted octanol–water partition coefficient (Wildman–Crippen LogP) is 1.11.